The van der Waals surface area contributed by atoms with Gasteiger partial charge in [-0.25, -0.2) is 4.39 Å². The lowest BCUT2D eigenvalue weighted by Gasteiger charge is -2.06. The van der Waals surface area contributed by atoms with Crippen LogP contribution in [0.3, 0.4) is 0 Å². The maximum absolute atomic E-state index is 12.7. The van der Waals surface area contributed by atoms with Crippen LogP contribution >= 0.6 is 11.6 Å². The van der Waals surface area contributed by atoms with Crippen LogP contribution in [-0.2, 0) is 22.6 Å². The molecule has 2 rings (SSSR count). The Kier molecular flexibility index (Phi) is 5.27. The molecule has 0 radical (unpaired) electrons. The summed E-state index contributed by atoms with van der Waals surface area (Å²) in [5, 5.41) is 0.624. The monoisotopic (exact) mass is 292 g/mol. The molecule has 0 aliphatic heterocycles. The second kappa shape index (κ2) is 7.17. The molecule has 2 nitrogen and oxygen atoms in total. The smallest absolute Gasteiger partial charge is 0.162 e. The molecule has 0 bridgehead atoms. The van der Waals surface area contributed by atoms with Gasteiger partial charge in [0.1, 0.15) is 12.4 Å². The summed E-state index contributed by atoms with van der Waals surface area (Å²) in [6, 6.07) is 13.2. The summed E-state index contributed by atoms with van der Waals surface area (Å²) in [6.07, 6.45) is 0.239. The van der Waals surface area contributed by atoms with Crippen LogP contribution < -0.4 is 0 Å². The van der Waals surface area contributed by atoms with Crippen LogP contribution in [-0.4, -0.2) is 12.4 Å². The number of hydrogen-bond acceptors (Lipinski definition) is 2. The molecule has 0 aromatic heterocycles. The van der Waals surface area contributed by atoms with Crippen LogP contribution in [0.25, 0.3) is 0 Å². The number of hydrogen-bond donors (Lipinski definition) is 0. The lowest BCUT2D eigenvalue weighted by molar-refractivity contribution is -0.123. The van der Waals surface area contributed by atoms with E-state index in [-0.39, 0.29) is 24.6 Å². The fraction of sp³-hybridized carbons (Fsp3) is 0.188. The summed E-state index contributed by atoms with van der Waals surface area (Å²) in [5.41, 5.74) is 1.63. The fourth-order valence-electron chi connectivity index (χ4n) is 1.77. The highest BCUT2D eigenvalue weighted by atomic mass is 35.5. The first-order chi connectivity index (χ1) is 9.65. The van der Waals surface area contributed by atoms with E-state index in [0.29, 0.717) is 11.6 Å². The summed E-state index contributed by atoms with van der Waals surface area (Å²) < 4.78 is 18.1. The van der Waals surface area contributed by atoms with E-state index in [0.717, 1.165) is 11.1 Å². The lowest BCUT2D eigenvalue weighted by Crippen LogP contribution is -2.11. The minimum atomic E-state index is -0.309. The van der Waals surface area contributed by atoms with Gasteiger partial charge in [0.25, 0.3) is 0 Å². The quantitative estimate of drug-likeness (QED) is 0.809. The average Bonchev–Trinajstić information content (AvgIpc) is 2.43. The van der Waals surface area contributed by atoms with E-state index in [2.05, 4.69) is 0 Å². The van der Waals surface area contributed by atoms with Crippen molar-refractivity contribution in [2.75, 3.05) is 6.61 Å². The Hall–Kier alpha value is -1.71. The van der Waals surface area contributed by atoms with Crippen molar-refractivity contribution in [2.24, 2.45) is 0 Å². The van der Waals surface area contributed by atoms with Crippen molar-refractivity contribution in [1.82, 2.24) is 0 Å². The van der Waals surface area contributed by atoms with Gasteiger partial charge in [-0.3, -0.25) is 4.79 Å². The van der Waals surface area contributed by atoms with E-state index >= 15 is 0 Å². The molecule has 0 aliphatic rings. The number of benzene rings is 2. The first-order valence-corrected chi connectivity index (χ1v) is 6.60. The number of carbonyl (C=O) groups is 1. The van der Waals surface area contributed by atoms with E-state index in [1.165, 1.54) is 12.1 Å². The molecule has 0 saturated carbocycles. The van der Waals surface area contributed by atoms with Crippen LogP contribution in [0.1, 0.15) is 11.1 Å². The lowest BCUT2D eigenvalue weighted by atomic mass is 10.1. The average molecular weight is 293 g/mol. The molecule has 20 heavy (non-hydrogen) atoms. The Labute approximate surface area is 122 Å². The molecule has 0 unspecified atom stereocenters. The van der Waals surface area contributed by atoms with Gasteiger partial charge in [-0.05, 0) is 29.3 Å². The first kappa shape index (κ1) is 14.7. The van der Waals surface area contributed by atoms with Crippen LogP contribution in [0.4, 0.5) is 4.39 Å². The van der Waals surface area contributed by atoms with Crippen LogP contribution in [0.5, 0.6) is 0 Å². The van der Waals surface area contributed by atoms with Gasteiger partial charge in [-0.15, -0.1) is 0 Å². The van der Waals surface area contributed by atoms with Gasteiger partial charge in [0, 0.05) is 11.4 Å². The predicted molar refractivity (Wildman–Crippen MR) is 76.2 cm³/mol. The minimum absolute atomic E-state index is 0.0165. The minimum Gasteiger partial charge on any atom is -0.369 e. The first-order valence-electron chi connectivity index (χ1n) is 6.22. The molecule has 2 aromatic carbocycles. The van der Waals surface area contributed by atoms with Crippen molar-refractivity contribution in [1.29, 1.82) is 0 Å². The SMILES string of the molecule is O=C(COCc1ccccc1Cl)Cc1ccc(F)cc1. The van der Waals surface area contributed by atoms with E-state index < -0.39 is 0 Å². The highest BCUT2D eigenvalue weighted by molar-refractivity contribution is 6.31. The van der Waals surface area contributed by atoms with Crippen LogP contribution in [0.15, 0.2) is 48.5 Å². The van der Waals surface area contributed by atoms with Crippen molar-refractivity contribution in [2.45, 2.75) is 13.0 Å². The molecule has 0 atom stereocenters. The fourth-order valence-corrected chi connectivity index (χ4v) is 1.96. The third-order valence-electron chi connectivity index (χ3n) is 2.79. The number of ether oxygens (including phenoxy) is 1. The van der Waals surface area contributed by atoms with Gasteiger partial charge in [0.15, 0.2) is 5.78 Å². The number of rotatable bonds is 6. The molecular formula is C16H14ClFO2. The summed E-state index contributed by atoms with van der Waals surface area (Å²) >= 11 is 5.98. The van der Waals surface area contributed by atoms with Gasteiger partial charge < -0.3 is 4.74 Å². The van der Waals surface area contributed by atoms with Crippen molar-refractivity contribution in [3.05, 3.63) is 70.5 Å². The Morgan fingerprint density at radius 2 is 1.80 bits per heavy atom. The van der Waals surface area contributed by atoms with Crippen molar-refractivity contribution >= 4 is 17.4 Å². The van der Waals surface area contributed by atoms with Gasteiger partial charge in [-0.2, -0.15) is 0 Å². The second-order valence-corrected chi connectivity index (χ2v) is 4.83. The Bertz CT molecular complexity index is 581. The van der Waals surface area contributed by atoms with Gasteiger partial charge >= 0.3 is 0 Å². The van der Waals surface area contributed by atoms with Gasteiger partial charge in [-0.1, -0.05) is 41.9 Å². The molecule has 0 heterocycles. The third-order valence-corrected chi connectivity index (χ3v) is 3.16. The molecule has 0 N–H and O–H groups in total. The Morgan fingerprint density at radius 3 is 2.50 bits per heavy atom. The molecular weight excluding hydrogens is 279 g/mol. The molecule has 0 fully saturated rings. The number of Topliss-reactive ketones (excluding diaryl/α,β-unsaturated/α-hetero) is 1. The number of halogens is 2. The number of carbonyl (C=O) groups excluding carboxylic acids is 1. The second-order valence-electron chi connectivity index (χ2n) is 4.43. The van der Waals surface area contributed by atoms with E-state index in [4.69, 9.17) is 16.3 Å². The van der Waals surface area contributed by atoms with Gasteiger partial charge in [0.2, 0.25) is 0 Å². The predicted octanol–water partition coefficient (Wildman–Crippen LogP) is 3.81. The van der Waals surface area contributed by atoms with E-state index in [9.17, 15) is 9.18 Å². The number of ketones is 1. The summed E-state index contributed by atoms with van der Waals surface area (Å²) in [6.45, 7) is 0.317. The maximum Gasteiger partial charge on any atom is 0.162 e. The molecule has 2 aromatic rings. The summed E-state index contributed by atoms with van der Waals surface area (Å²) in [4.78, 5) is 11.7. The van der Waals surface area contributed by atoms with Crippen molar-refractivity contribution in [3.63, 3.8) is 0 Å². The molecule has 0 amide bonds. The Morgan fingerprint density at radius 1 is 1.10 bits per heavy atom. The normalized spacial score (nSPS) is 10.5. The zero-order valence-electron chi connectivity index (χ0n) is 10.8. The van der Waals surface area contributed by atoms with Gasteiger partial charge in [0.05, 0.1) is 6.61 Å². The molecule has 104 valence electrons. The van der Waals surface area contributed by atoms with E-state index in [1.54, 1.807) is 18.2 Å². The topological polar surface area (TPSA) is 26.3 Å². The van der Waals surface area contributed by atoms with Crippen LogP contribution in [0, 0.1) is 5.82 Å². The van der Waals surface area contributed by atoms with Crippen LogP contribution in [0.2, 0.25) is 5.02 Å². The Balaban J connectivity index is 1.78. The molecule has 4 heteroatoms. The standard InChI is InChI=1S/C16H14ClFO2/c17-16-4-2-1-3-13(16)10-20-11-15(19)9-12-5-7-14(18)8-6-12/h1-8H,9-11H2. The molecule has 0 aliphatic carbocycles. The third kappa shape index (κ3) is 4.44. The molecule has 0 spiro atoms. The highest BCUT2D eigenvalue weighted by Gasteiger charge is 2.05. The zero-order valence-corrected chi connectivity index (χ0v) is 11.6. The van der Waals surface area contributed by atoms with Crippen molar-refractivity contribution in [3.8, 4) is 0 Å². The zero-order chi connectivity index (χ0) is 14.4. The largest absolute Gasteiger partial charge is 0.369 e. The summed E-state index contributed by atoms with van der Waals surface area (Å²) in [5.74, 6) is -0.361. The van der Waals surface area contributed by atoms with E-state index in [1.807, 2.05) is 18.2 Å². The van der Waals surface area contributed by atoms with Crippen molar-refractivity contribution < 1.29 is 13.9 Å². The summed E-state index contributed by atoms with van der Waals surface area (Å²) in [7, 11) is 0. The highest BCUT2D eigenvalue weighted by Crippen LogP contribution is 2.15. The molecule has 0 saturated heterocycles. The maximum atomic E-state index is 12.7.